The van der Waals surface area contributed by atoms with Crippen LogP contribution in [-0.4, -0.2) is 26.9 Å². The van der Waals surface area contributed by atoms with E-state index in [2.05, 4.69) is 6.58 Å². The number of hydrogen-bond donors (Lipinski definition) is 1. The van der Waals surface area contributed by atoms with E-state index in [1.54, 1.807) is 4.31 Å². The minimum Gasteiger partial charge on any atom is -0.240 e. The third kappa shape index (κ3) is 2.31. The van der Waals surface area contributed by atoms with Gasteiger partial charge in [0.25, 0.3) is 0 Å². The van der Waals surface area contributed by atoms with Crippen molar-refractivity contribution in [3.05, 3.63) is 12.2 Å². The van der Waals surface area contributed by atoms with Crippen LogP contribution in [0, 0.1) is 4.78 Å². The maximum absolute atomic E-state index is 11.9. The van der Waals surface area contributed by atoms with E-state index in [1.165, 1.54) is 5.57 Å². The molecular weight excluding hydrogens is 184 g/mol. The molecule has 1 heterocycles. The lowest BCUT2D eigenvalue weighted by atomic mass is 10.1. The number of nitrogens with one attached hydrogen (secondary N) is 1. The standard InChI is InChI=1S/C9H18N2OS/c1-8(2)13(10,12)11-6-4-9(3)5-7-11/h8,10H,3-7H2,1-2H3. The minimum absolute atomic E-state index is 0.0844. The number of rotatable bonds is 2. The zero-order valence-electron chi connectivity index (χ0n) is 8.38. The summed E-state index contributed by atoms with van der Waals surface area (Å²) in [5.74, 6) is 0. The summed E-state index contributed by atoms with van der Waals surface area (Å²) in [7, 11) is -2.53. The molecule has 0 aromatic heterocycles. The first-order chi connectivity index (χ1) is 5.94. The predicted molar refractivity (Wildman–Crippen MR) is 55.9 cm³/mol. The normalized spacial score (nSPS) is 24.7. The Morgan fingerprint density at radius 2 is 1.92 bits per heavy atom. The Morgan fingerprint density at radius 3 is 2.31 bits per heavy atom. The highest BCUT2D eigenvalue weighted by Gasteiger charge is 2.24. The Balaban J connectivity index is 2.69. The van der Waals surface area contributed by atoms with E-state index in [1.807, 2.05) is 13.8 Å². The Labute approximate surface area is 80.9 Å². The van der Waals surface area contributed by atoms with Gasteiger partial charge in [-0.1, -0.05) is 12.2 Å². The van der Waals surface area contributed by atoms with Crippen LogP contribution in [-0.2, 0) is 9.92 Å². The van der Waals surface area contributed by atoms with Crippen molar-refractivity contribution >= 4 is 9.92 Å². The maximum Gasteiger partial charge on any atom is 0.110 e. The summed E-state index contributed by atoms with van der Waals surface area (Å²) in [5.41, 5.74) is 1.22. The van der Waals surface area contributed by atoms with E-state index >= 15 is 0 Å². The first-order valence-electron chi connectivity index (χ1n) is 4.64. The van der Waals surface area contributed by atoms with Crippen LogP contribution < -0.4 is 0 Å². The van der Waals surface area contributed by atoms with Gasteiger partial charge in [-0.25, -0.2) is 13.3 Å². The Bertz CT molecular complexity index is 283. The van der Waals surface area contributed by atoms with Gasteiger partial charge in [0, 0.05) is 13.1 Å². The fourth-order valence-corrected chi connectivity index (χ4v) is 2.69. The summed E-state index contributed by atoms with van der Waals surface area (Å²) in [6.07, 6.45) is 1.78. The SMILES string of the molecule is C=C1CCN(S(=N)(=O)C(C)C)CC1. The molecule has 13 heavy (non-hydrogen) atoms. The van der Waals surface area contributed by atoms with E-state index in [-0.39, 0.29) is 5.25 Å². The number of nitrogens with zero attached hydrogens (tertiary/aromatic N) is 1. The van der Waals surface area contributed by atoms with E-state index in [9.17, 15) is 4.21 Å². The van der Waals surface area contributed by atoms with Gasteiger partial charge in [-0.15, -0.1) is 0 Å². The molecule has 3 nitrogen and oxygen atoms in total. The molecule has 1 saturated heterocycles. The van der Waals surface area contributed by atoms with Crippen molar-refractivity contribution in [3.8, 4) is 0 Å². The number of piperidine rings is 1. The highest BCUT2D eigenvalue weighted by Crippen LogP contribution is 2.19. The fourth-order valence-electron chi connectivity index (χ4n) is 1.37. The topological polar surface area (TPSA) is 44.2 Å². The van der Waals surface area contributed by atoms with Crippen LogP contribution in [0.1, 0.15) is 26.7 Å². The highest BCUT2D eigenvalue weighted by molar-refractivity contribution is 7.90. The van der Waals surface area contributed by atoms with E-state index in [0.717, 1.165) is 25.9 Å². The molecule has 1 rings (SSSR count). The van der Waals surface area contributed by atoms with Gasteiger partial charge in [0.2, 0.25) is 0 Å². The molecule has 76 valence electrons. The van der Waals surface area contributed by atoms with Crippen molar-refractivity contribution in [2.45, 2.75) is 31.9 Å². The second kappa shape index (κ2) is 3.80. The summed E-state index contributed by atoms with van der Waals surface area (Å²) in [6.45, 7) is 9.06. The predicted octanol–water partition coefficient (Wildman–Crippen LogP) is 2.01. The lowest BCUT2D eigenvalue weighted by Gasteiger charge is -2.31. The van der Waals surface area contributed by atoms with Crippen LogP contribution in [0.2, 0.25) is 0 Å². The molecule has 0 saturated carbocycles. The summed E-state index contributed by atoms with van der Waals surface area (Å²) in [4.78, 5) is 0. The second-order valence-electron chi connectivity index (χ2n) is 3.80. The average molecular weight is 202 g/mol. The minimum atomic E-state index is -2.53. The van der Waals surface area contributed by atoms with Crippen molar-refractivity contribution < 1.29 is 4.21 Å². The monoisotopic (exact) mass is 202 g/mol. The van der Waals surface area contributed by atoms with Gasteiger partial charge in [0.1, 0.15) is 9.92 Å². The summed E-state index contributed by atoms with van der Waals surface area (Å²) in [5, 5.41) is -0.0844. The van der Waals surface area contributed by atoms with Gasteiger partial charge in [0.05, 0.1) is 5.25 Å². The smallest absolute Gasteiger partial charge is 0.110 e. The van der Waals surface area contributed by atoms with E-state index in [0.29, 0.717) is 0 Å². The molecule has 4 heteroatoms. The van der Waals surface area contributed by atoms with Gasteiger partial charge < -0.3 is 0 Å². The second-order valence-corrected chi connectivity index (χ2v) is 6.39. The third-order valence-corrected chi connectivity index (χ3v) is 4.86. The molecule has 0 aliphatic carbocycles. The molecule has 0 spiro atoms. The molecule has 0 aromatic rings. The molecule has 0 amide bonds. The van der Waals surface area contributed by atoms with Crippen molar-refractivity contribution in [1.29, 1.82) is 4.78 Å². The van der Waals surface area contributed by atoms with Gasteiger partial charge in [-0.2, -0.15) is 0 Å². The lowest BCUT2D eigenvalue weighted by molar-refractivity contribution is 0.404. The van der Waals surface area contributed by atoms with Crippen LogP contribution >= 0.6 is 0 Å². The summed E-state index contributed by atoms with van der Waals surface area (Å²) in [6, 6.07) is 0. The highest BCUT2D eigenvalue weighted by atomic mass is 32.2. The Hall–Kier alpha value is -0.350. The first-order valence-corrected chi connectivity index (χ1v) is 6.22. The van der Waals surface area contributed by atoms with Crippen molar-refractivity contribution in [1.82, 2.24) is 4.31 Å². The molecule has 1 atom stereocenters. The fraction of sp³-hybridized carbons (Fsp3) is 0.778. The average Bonchev–Trinajstić information content (AvgIpc) is 2.04. The van der Waals surface area contributed by atoms with Crippen molar-refractivity contribution in [2.24, 2.45) is 0 Å². The summed E-state index contributed by atoms with van der Waals surface area (Å²) >= 11 is 0. The Morgan fingerprint density at radius 1 is 1.46 bits per heavy atom. The maximum atomic E-state index is 11.9. The van der Waals surface area contributed by atoms with Crippen LogP contribution in [0.3, 0.4) is 0 Å². The van der Waals surface area contributed by atoms with E-state index < -0.39 is 9.92 Å². The van der Waals surface area contributed by atoms with Gasteiger partial charge in [-0.3, -0.25) is 0 Å². The molecule has 1 aliphatic rings. The van der Waals surface area contributed by atoms with Crippen LogP contribution in [0.5, 0.6) is 0 Å². The largest absolute Gasteiger partial charge is 0.240 e. The molecule has 0 aromatic carbocycles. The number of hydrogen-bond acceptors (Lipinski definition) is 2. The van der Waals surface area contributed by atoms with Crippen LogP contribution in [0.25, 0.3) is 0 Å². The summed E-state index contributed by atoms with van der Waals surface area (Å²) < 4.78 is 21.5. The molecule has 1 fully saturated rings. The van der Waals surface area contributed by atoms with Crippen LogP contribution in [0.4, 0.5) is 0 Å². The van der Waals surface area contributed by atoms with E-state index in [4.69, 9.17) is 4.78 Å². The third-order valence-electron chi connectivity index (χ3n) is 2.45. The van der Waals surface area contributed by atoms with Crippen LogP contribution in [0.15, 0.2) is 12.2 Å². The van der Waals surface area contributed by atoms with Crippen molar-refractivity contribution in [2.75, 3.05) is 13.1 Å². The molecule has 1 aliphatic heterocycles. The van der Waals surface area contributed by atoms with Gasteiger partial charge >= 0.3 is 0 Å². The van der Waals surface area contributed by atoms with Crippen molar-refractivity contribution in [3.63, 3.8) is 0 Å². The zero-order chi connectivity index (χ0) is 10.1. The molecule has 1 N–H and O–H groups in total. The lowest BCUT2D eigenvalue weighted by Crippen LogP contribution is -2.39. The first kappa shape index (κ1) is 10.7. The molecular formula is C9H18N2OS. The van der Waals surface area contributed by atoms with Gasteiger partial charge in [0.15, 0.2) is 0 Å². The Kier molecular flexibility index (Phi) is 3.14. The molecule has 0 bridgehead atoms. The molecule has 1 unspecified atom stereocenters. The van der Waals surface area contributed by atoms with Gasteiger partial charge in [-0.05, 0) is 26.7 Å². The molecule has 0 radical (unpaired) electrons. The quantitative estimate of drug-likeness (QED) is 0.684. The zero-order valence-corrected chi connectivity index (χ0v) is 9.19.